The highest BCUT2D eigenvalue weighted by Crippen LogP contribution is 2.27. The van der Waals surface area contributed by atoms with E-state index in [1.54, 1.807) is 25.1 Å². The molecule has 0 radical (unpaired) electrons. The van der Waals surface area contributed by atoms with Gasteiger partial charge < -0.3 is 19.5 Å². The molecule has 1 rings (SSSR count). The van der Waals surface area contributed by atoms with Crippen LogP contribution < -0.4 is 14.8 Å². The molecule has 0 aromatic heterocycles. The van der Waals surface area contributed by atoms with E-state index < -0.39 is 0 Å². The molecule has 0 fully saturated rings. The molecule has 0 heterocycles. The second-order valence-electron chi connectivity index (χ2n) is 4.46. The van der Waals surface area contributed by atoms with Crippen molar-refractivity contribution < 1.29 is 23.8 Å². The Morgan fingerprint density at radius 2 is 1.91 bits per heavy atom. The van der Waals surface area contributed by atoms with E-state index in [2.05, 4.69) is 5.32 Å². The summed E-state index contributed by atoms with van der Waals surface area (Å²) in [5.41, 5.74) is 0.483. The van der Waals surface area contributed by atoms with E-state index in [0.29, 0.717) is 49.7 Å². The molecule has 0 unspecified atom stereocenters. The zero-order valence-electron chi connectivity index (χ0n) is 13.3. The molecule has 0 spiro atoms. The molecule has 0 aliphatic carbocycles. The van der Waals surface area contributed by atoms with Crippen molar-refractivity contribution in [2.75, 3.05) is 26.9 Å². The largest absolute Gasteiger partial charge is 0.493 e. The molecule has 122 valence electrons. The summed E-state index contributed by atoms with van der Waals surface area (Å²) >= 11 is 0. The normalized spacial score (nSPS) is 9.95. The van der Waals surface area contributed by atoms with Gasteiger partial charge in [0.05, 0.1) is 20.3 Å². The second-order valence-corrected chi connectivity index (χ2v) is 4.46. The predicted octanol–water partition coefficient (Wildman–Crippen LogP) is 2.17. The Bertz CT molecular complexity index is 501. The van der Waals surface area contributed by atoms with Gasteiger partial charge in [-0.1, -0.05) is 0 Å². The maximum absolute atomic E-state index is 12.0. The molecule has 1 aromatic rings. The summed E-state index contributed by atoms with van der Waals surface area (Å²) < 4.78 is 15.4. The lowest BCUT2D eigenvalue weighted by Crippen LogP contribution is -2.25. The summed E-state index contributed by atoms with van der Waals surface area (Å²) in [6.45, 7) is 4.95. The number of hydrogen-bond donors (Lipinski definition) is 1. The molecule has 0 aliphatic heterocycles. The molecule has 0 aliphatic rings. The molecular formula is C16H23NO5. The van der Waals surface area contributed by atoms with Crippen LogP contribution in [0.25, 0.3) is 0 Å². The van der Waals surface area contributed by atoms with Crippen molar-refractivity contribution in [3.63, 3.8) is 0 Å². The molecule has 0 atom stereocenters. The quantitative estimate of drug-likeness (QED) is 0.559. The third-order valence-corrected chi connectivity index (χ3v) is 2.87. The van der Waals surface area contributed by atoms with Crippen molar-refractivity contribution in [1.82, 2.24) is 5.32 Å². The molecule has 0 saturated carbocycles. The topological polar surface area (TPSA) is 73.9 Å². The van der Waals surface area contributed by atoms with Crippen LogP contribution >= 0.6 is 0 Å². The van der Waals surface area contributed by atoms with Crippen LogP contribution in [-0.4, -0.2) is 38.7 Å². The fourth-order valence-corrected chi connectivity index (χ4v) is 1.85. The van der Waals surface area contributed by atoms with Crippen LogP contribution in [0, 0.1) is 0 Å². The number of esters is 1. The highest BCUT2D eigenvalue weighted by molar-refractivity contribution is 5.94. The van der Waals surface area contributed by atoms with Crippen molar-refractivity contribution in [2.24, 2.45) is 0 Å². The zero-order chi connectivity index (χ0) is 16.4. The first-order valence-electron chi connectivity index (χ1n) is 7.37. The smallest absolute Gasteiger partial charge is 0.305 e. The van der Waals surface area contributed by atoms with Crippen LogP contribution in [0.1, 0.15) is 37.0 Å². The maximum atomic E-state index is 12.0. The number of amides is 1. The lowest BCUT2D eigenvalue weighted by atomic mass is 10.2. The van der Waals surface area contributed by atoms with E-state index in [9.17, 15) is 9.59 Å². The maximum Gasteiger partial charge on any atom is 0.305 e. The summed E-state index contributed by atoms with van der Waals surface area (Å²) in [5, 5.41) is 2.76. The second kappa shape index (κ2) is 9.65. The summed E-state index contributed by atoms with van der Waals surface area (Å²) in [7, 11) is 1.53. The molecule has 1 aromatic carbocycles. The van der Waals surface area contributed by atoms with Crippen molar-refractivity contribution in [1.29, 1.82) is 0 Å². The van der Waals surface area contributed by atoms with Gasteiger partial charge in [-0.2, -0.15) is 0 Å². The van der Waals surface area contributed by atoms with Gasteiger partial charge in [-0.3, -0.25) is 9.59 Å². The van der Waals surface area contributed by atoms with E-state index in [1.807, 2.05) is 6.92 Å². The number of carbonyl (C=O) groups is 2. The van der Waals surface area contributed by atoms with E-state index in [1.165, 1.54) is 7.11 Å². The van der Waals surface area contributed by atoms with Gasteiger partial charge in [0.25, 0.3) is 5.91 Å². The minimum absolute atomic E-state index is 0.217. The Kier molecular flexibility index (Phi) is 7.81. The van der Waals surface area contributed by atoms with E-state index in [0.717, 1.165) is 0 Å². The van der Waals surface area contributed by atoms with Crippen LogP contribution in [0.5, 0.6) is 11.5 Å². The van der Waals surface area contributed by atoms with Crippen molar-refractivity contribution in [2.45, 2.75) is 26.7 Å². The Morgan fingerprint density at radius 1 is 1.14 bits per heavy atom. The van der Waals surface area contributed by atoms with Crippen LogP contribution in [0.15, 0.2) is 18.2 Å². The fraction of sp³-hybridized carbons (Fsp3) is 0.500. The highest BCUT2D eigenvalue weighted by atomic mass is 16.5. The van der Waals surface area contributed by atoms with Crippen molar-refractivity contribution in [3.8, 4) is 11.5 Å². The first-order valence-corrected chi connectivity index (χ1v) is 7.37. The third-order valence-electron chi connectivity index (χ3n) is 2.87. The monoisotopic (exact) mass is 309 g/mol. The Hall–Kier alpha value is -2.24. The van der Waals surface area contributed by atoms with Crippen LogP contribution in [0.4, 0.5) is 0 Å². The van der Waals surface area contributed by atoms with E-state index in [-0.39, 0.29) is 11.9 Å². The number of methoxy groups -OCH3 is 1. The van der Waals surface area contributed by atoms with Crippen LogP contribution in [-0.2, 0) is 9.53 Å². The van der Waals surface area contributed by atoms with Gasteiger partial charge in [-0.05, 0) is 38.5 Å². The molecule has 0 bridgehead atoms. The predicted molar refractivity (Wildman–Crippen MR) is 82.4 cm³/mol. The van der Waals surface area contributed by atoms with Gasteiger partial charge in [-0.25, -0.2) is 0 Å². The van der Waals surface area contributed by atoms with Crippen molar-refractivity contribution in [3.05, 3.63) is 23.8 Å². The lowest BCUT2D eigenvalue weighted by molar-refractivity contribution is -0.143. The van der Waals surface area contributed by atoms with Gasteiger partial charge in [0.1, 0.15) is 0 Å². The lowest BCUT2D eigenvalue weighted by Gasteiger charge is -2.11. The van der Waals surface area contributed by atoms with Crippen molar-refractivity contribution >= 4 is 11.9 Å². The molecule has 0 saturated heterocycles. The Morgan fingerprint density at radius 3 is 2.55 bits per heavy atom. The highest BCUT2D eigenvalue weighted by Gasteiger charge is 2.11. The molecular weight excluding hydrogens is 286 g/mol. The SMILES string of the molecule is CCOC(=O)CCCNC(=O)c1ccc(OCC)c(OC)c1. The first kappa shape index (κ1) is 17.8. The van der Waals surface area contributed by atoms with Gasteiger partial charge >= 0.3 is 5.97 Å². The van der Waals surface area contributed by atoms with Gasteiger partial charge in [0.2, 0.25) is 0 Å². The molecule has 22 heavy (non-hydrogen) atoms. The summed E-state index contributed by atoms with van der Waals surface area (Å²) in [6, 6.07) is 5.01. The number of benzene rings is 1. The van der Waals surface area contributed by atoms with Crippen LogP contribution in [0.3, 0.4) is 0 Å². The first-order chi connectivity index (χ1) is 10.6. The molecule has 6 nitrogen and oxygen atoms in total. The zero-order valence-corrected chi connectivity index (χ0v) is 13.3. The third kappa shape index (κ3) is 5.63. The van der Waals surface area contributed by atoms with Crippen LogP contribution in [0.2, 0.25) is 0 Å². The van der Waals surface area contributed by atoms with E-state index >= 15 is 0 Å². The van der Waals surface area contributed by atoms with E-state index in [4.69, 9.17) is 14.2 Å². The standard InChI is InChI=1S/C16H23NO5/c1-4-21-13-9-8-12(11-14(13)20-3)16(19)17-10-6-7-15(18)22-5-2/h8-9,11H,4-7,10H2,1-3H3,(H,17,19). The molecule has 1 amide bonds. The molecule has 1 N–H and O–H groups in total. The van der Waals surface area contributed by atoms with Gasteiger partial charge in [-0.15, -0.1) is 0 Å². The minimum Gasteiger partial charge on any atom is -0.493 e. The summed E-state index contributed by atoms with van der Waals surface area (Å²) in [4.78, 5) is 23.2. The number of carbonyl (C=O) groups excluding carboxylic acids is 2. The average Bonchev–Trinajstić information content (AvgIpc) is 2.52. The fourth-order valence-electron chi connectivity index (χ4n) is 1.85. The Labute approximate surface area is 130 Å². The summed E-state index contributed by atoms with van der Waals surface area (Å²) in [6.07, 6.45) is 0.833. The summed E-state index contributed by atoms with van der Waals surface area (Å²) in [5.74, 6) is 0.648. The molecule has 6 heteroatoms. The number of hydrogen-bond acceptors (Lipinski definition) is 5. The Balaban J connectivity index is 2.50. The minimum atomic E-state index is -0.250. The average molecular weight is 309 g/mol. The van der Waals surface area contributed by atoms with Gasteiger partial charge in [0.15, 0.2) is 11.5 Å². The number of ether oxygens (including phenoxy) is 3. The van der Waals surface area contributed by atoms with Gasteiger partial charge in [0, 0.05) is 18.5 Å². The number of nitrogens with one attached hydrogen (secondary N) is 1. The number of rotatable bonds is 9.